The number of likely N-dealkylation sites (tertiary alicyclic amines) is 1. The van der Waals surface area contributed by atoms with Crippen LogP contribution in [0.1, 0.15) is 28.8 Å². The summed E-state index contributed by atoms with van der Waals surface area (Å²) in [6.07, 6.45) is 5.55. The van der Waals surface area contributed by atoms with Gasteiger partial charge < -0.3 is 4.90 Å². The lowest BCUT2D eigenvalue weighted by atomic mass is 10.1. The molecule has 0 saturated carbocycles. The minimum Gasteiger partial charge on any atom is -0.334 e. The van der Waals surface area contributed by atoms with Crippen molar-refractivity contribution in [1.82, 2.24) is 14.7 Å². The largest absolute Gasteiger partial charge is 0.334 e. The molecular weight excluding hydrogens is 328 g/mol. The molecule has 2 heterocycles. The van der Waals surface area contributed by atoms with Gasteiger partial charge >= 0.3 is 0 Å². The van der Waals surface area contributed by atoms with E-state index in [2.05, 4.69) is 5.10 Å². The Morgan fingerprint density at radius 2 is 2.04 bits per heavy atom. The zero-order chi connectivity index (χ0) is 17.2. The van der Waals surface area contributed by atoms with E-state index in [1.165, 1.54) is 0 Å². The average molecular weight is 348 g/mol. The Labute approximate surface area is 141 Å². The van der Waals surface area contributed by atoms with Gasteiger partial charge in [-0.15, -0.1) is 0 Å². The van der Waals surface area contributed by atoms with Gasteiger partial charge in [-0.2, -0.15) is 5.10 Å². The summed E-state index contributed by atoms with van der Waals surface area (Å²) in [5, 5.41) is 9.24. The second-order valence-electron chi connectivity index (χ2n) is 6.03. The smallest absolute Gasteiger partial charge is 0.254 e. The van der Waals surface area contributed by atoms with E-state index in [9.17, 15) is 13.2 Å². The topological polar surface area (TPSA) is 98.3 Å². The van der Waals surface area contributed by atoms with Crippen molar-refractivity contribution in [3.63, 3.8) is 0 Å². The molecule has 128 valence electrons. The van der Waals surface area contributed by atoms with E-state index in [-0.39, 0.29) is 17.7 Å². The maximum absolute atomic E-state index is 12.7. The number of hydrogen-bond acceptors (Lipinski definition) is 4. The molecule has 2 aromatic rings. The fraction of sp³-hybridized carbons (Fsp3) is 0.375. The SMILES string of the molecule is NS(=O)(=O)Cc1ccc(C(=O)N2CCC[C@@H]2Cn2cccn2)cc1. The predicted octanol–water partition coefficient (Wildman–Crippen LogP) is 0.976. The fourth-order valence-electron chi connectivity index (χ4n) is 3.06. The van der Waals surface area contributed by atoms with Crippen molar-refractivity contribution < 1.29 is 13.2 Å². The summed E-state index contributed by atoms with van der Waals surface area (Å²) in [5.41, 5.74) is 1.13. The van der Waals surface area contributed by atoms with Crippen molar-refractivity contribution in [3.8, 4) is 0 Å². The van der Waals surface area contributed by atoms with Crippen LogP contribution in [0, 0.1) is 0 Å². The molecule has 1 fully saturated rings. The van der Waals surface area contributed by atoms with Gasteiger partial charge in [-0.3, -0.25) is 9.48 Å². The lowest BCUT2D eigenvalue weighted by Crippen LogP contribution is -2.38. The van der Waals surface area contributed by atoms with Gasteiger partial charge in [0.25, 0.3) is 5.91 Å². The van der Waals surface area contributed by atoms with Crippen LogP contribution in [-0.4, -0.2) is 41.6 Å². The van der Waals surface area contributed by atoms with Gasteiger partial charge in [-0.25, -0.2) is 13.6 Å². The minimum atomic E-state index is -3.57. The molecule has 1 amide bonds. The van der Waals surface area contributed by atoms with Crippen molar-refractivity contribution >= 4 is 15.9 Å². The summed E-state index contributed by atoms with van der Waals surface area (Å²) in [7, 11) is -3.57. The Morgan fingerprint density at radius 3 is 2.67 bits per heavy atom. The number of nitrogens with zero attached hydrogens (tertiary/aromatic N) is 3. The molecule has 0 radical (unpaired) electrons. The van der Waals surface area contributed by atoms with Crippen LogP contribution in [0.5, 0.6) is 0 Å². The highest BCUT2D eigenvalue weighted by molar-refractivity contribution is 7.88. The van der Waals surface area contributed by atoms with Crippen LogP contribution in [-0.2, 0) is 22.3 Å². The number of nitrogens with two attached hydrogens (primary N) is 1. The molecule has 2 N–H and O–H groups in total. The summed E-state index contributed by atoms with van der Waals surface area (Å²) >= 11 is 0. The molecule has 0 spiro atoms. The average Bonchev–Trinajstić information content (AvgIpc) is 3.18. The number of primary sulfonamides is 1. The van der Waals surface area contributed by atoms with E-state index < -0.39 is 10.0 Å². The first-order valence-corrected chi connectivity index (χ1v) is 9.52. The summed E-state index contributed by atoms with van der Waals surface area (Å²) in [4.78, 5) is 14.6. The maximum Gasteiger partial charge on any atom is 0.254 e. The van der Waals surface area contributed by atoms with E-state index in [0.29, 0.717) is 17.7 Å². The molecule has 0 aliphatic carbocycles. The summed E-state index contributed by atoms with van der Waals surface area (Å²) in [5.74, 6) is -0.264. The van der Waals surface area contributed by atoms with Gasteiger partial charge in [0, 0.05) is 24.5 Å². The van der Waals surface area contributed by atoms with Crippen molar-refractivity contribution in [3.05, 3.63) is 53.9 Å². The van der Waals surface area contributed by atoms with Gasteiger partial charge in [0.05, 0.1) is 18.3 Å². The highest BCUT2D eigenvalue weighted by atomic mass is 32.2. The number of benzene rings is 1. The summed E-state index contributed by atoms with van der Waals surface area (Å²) in [6.45, 7) is 1.41. The second kappa shape index (κ2) is 6.74. The number of hydrogen-bond donors (Lipinski definition) is 1. The number of amides is 1. The van der Waals surface area contributed by atoms with Gasteiger partial charge in [-0.05, 0) is 36.6 Å². The first-order chi connectivity index (χ1) is 11.4. The first-order valence-electron chi connectivity index (χ1n) is 7.80. The van der Waals surface area contributed by atoms with Crippen LogP contribution in [0.15, 0.2) is 42.7 Å². The van der Waals surface area contributed by atoms with Crippen molar-refractivity contribution in [2.45, 2.75) is 31.2 Å². The molecule has 1 atom stereocenters. The van der Waals surface area contributed by atoms with Crippen LogP contribution in [0.3, 0.4) is 0 Å². The summed E-state index contributed by atoms with van der Waals surface area (Å²) in [6, 6.07) is 8.58. The highest BCUT2D eigenvalue weighted by Crippen LogP contribution is 2.21. The lowest BCUT2D eigenvalue weighted by molar-refractivity contribution is 0.0721. The van der Waals surface area contributed by atoms with Crippen LogP contribution in [0.2, 0.25) is 0 Å². The molecule has 1 aromatic carbocycles. The molecule has 8 heteroatoms. The van der Waals surface area contributed by atoms with E-state index in [4.69, 9.17) is 5.14 Å². The van der Waals surface area contributed by atoms with Crippen LogP contribution in [0.4, 0.5) is 0 Å². The molecule has 1 saturated heterocycles. The standard InChI is InChI=1S/C16H20N4O3S/c17-24(22,23)12-13-4-6-14(7-5-13)16(21)20-10-1-3-15(20)11-19-9-2-8-18-19/h2,4-9,15H,1,3,10-12H2,(H2,17,22,23)/t15-/m1/s1. The van der Waals surface area contributed by atoms with Crippen LogP contribution >= 0.6 is 0 Å². The molecule has 0 unspecified atom stereocenters. The monoisotopic (exact) mass is 348 g/mol. The Hall–Kier alpha value is -2.19. The Balaban J connectivity index is 1.70. The van der Waals surface area contributed by atoms with Crippen molar-refractivity contribution in [2.24, 2.45) is 5.14 Å². The molecular formula is C16H20N4O3S. The quantitative estimate of drug-likeness (QED) is 0.870. The zero-order valence-corrected chi connectivity index (χ0v) is 14.0. The van der Waals surface area contributed by atoms with Crippen LogP contribution in [0.25, 0.3) is 0 Å². The Morgan fingerprint density at radius 1 is 1.29 bits per heavy atom. The maximum atomic E-state index is 12.7. The number of aromatic nitrogens is 2. The number of rotatable bonds is 5. The number of carbonyl (C=O) groups excluding carboxylic acids is 1. The van der Waals surface area contributed by atoms with Crippen LogP contribution < -0.4 is 5.14 Å². The molecule has 3 rings (SSSR count). The van der Waals surface area contributed by atoms with Gasteiger partial charge in [-0.1, -0.05) is 12.1 Å². The predicted molar refractivity (Wildman–Crippen MR) is 89.5 cm³/mol. The summed E-state index contributed by atoms with van der Waals surface area (Å²) < 4.78 is 24.1. The zero-order valence-electron chi connectivity index (χ0n) is 13.2. The molecule has 24 heavy (non-hydrogen) atoms. The number of sulfonamides is 1. The normalized spacial score (nSPS) is 18.0. The van der Waals surface area contributed by atoms with E-state index in [0.717, 1.165) is 19.4 Å². The van der Waals surface area contributed by atoms with Crippen molar-refractivity contribution in [1.29, 1.82) is 0 Å². The van der Waals surface area contributed by atoms with Crippen molar-refractivity contribution in [2.75, 3.05) is 6.54 Å². The lowest BCUT2D eigenvalue weighted by Gasteiger charge is -2.25. The number of carbonyl (C=O) groups is 1. The van der Waals surface area contributed by atoms with Gasteiger partial charge in [0.2, 0.25) is 10.0 Å². The molecule has 1 aliphatic rings. The molecule has 0 bridgehead atoms. The minimum absolute atomic E-state index is 0.0354. The molecule has 1 aliphatic heterocycles. The molecule has 7 nitrogen and oxygen atoms in total. The third-order valence-electron chi connectivity index (χ3n) is 4.16. The molecule has 1 aromatic heterocycles. The van der Waals surface area contributed by atoms with E-state index >= 15 is 0 Å². The Bertz CT molecular complexity index is 800. The van der Waals surface area contributed by atoms with E-state index in [1.54, 1.807) is 30.5 Å². The fourth-order valence-corrected chi connectivity index (χ4v) is 3.72. The van der Waals surface area contributed by atoms with Gasteiger partial charge in [0.1, 0.15) is 0 Å². The first kappa shape index (κ1) is 16.7. The second-order valence-corrected chi connectivity index (χ2v) is 7.64. The highest BCUT2D eigenvalue weighted by Gasteiger charge is 2.29. The third kappa shape index (κ3) is 4.01. The van der Waals surface area contributed by atoms with E-state index in [1.807, 2.05) is 21.8 Å². The third-order valence-corrected chi connectivity index (χ3v) is 4.90. The van der Waals surface area contributed by atoms with Gasteiger partial charge in [0.15, 0.2) is 0 Å². The Kier molecular flexibility index (Phi) is 4.68.